The molecule has 0 aromatic heterocycles. The number of amides is 1. The van der Waals surface area contributed by atoms with Gasteiger partial charge in [-0.2, -0.15) is 0 Å². The number of alkyl carbamates (subject to hydrolysis) is 1. The van der Waals surface area contributed by atoms with E-state index >= 15 is 0 Å². The van der Waals surface area contributed by atoms with E-state index in [0.29, 0.717) is 6.04 Å². The second-order valence-electron chi connectivity index (χ2n) is 9.60. The molecule has 4 aliphatic carbocycles. The molecule has 1 heterocycles. The maximum absolute atomic E-state index is 12.0. The Bertz CT molecular complexity index is 442. The van der Waals surface area contributed by atoms with Crippen LogP contribution >= 0.6 is 0 Å². The molecule has 4 heteroatoms. The number of hydrogen-bond donors (Lipinski definition) is 2. The maximum Gasteiger partial charge on any atom is 0.407 e. The normalized spacial score (nSPS) is 45.3. The van der Waals surface area contributed by atoms with Gasteiger partial charge >= 0.3 is 6.09 Å². The summed E-state index contributed by atoms with van der Waals surface area (Å²) in [5.41, 5.74) is -0.420. The van der Waals surface area contributed by atoms with Crippen LogP contribution in [0.25, 0.3) is 0 Å². The van der Waals surface area contributed by atoms with Crippen LogP contribution in [0, 0.1) is 29.6 Å². The Morgan fingerprint density at radius 2 is 1.61 bits per heavy atom. The quantitative estimate of drug-likeness (QED) is 0.820. The lowest BCUT2D eigenvalue weighted by Gasteiger charge is -2.56. The lowest BCUT2D eigenvalue weighted by Crippen LogP contribution is -2.51. The third-order valence-corrected chi connectivity index (χ3v) is 6.65. The molecule has 1 unspecified atom stereocenters. The minimum Gasteiger partial charge on any atom is -0.444 e. The summed E-state index contributed by atoms with van der Waals surface area (Å²) >= 11 is 0. The lowest BCUT2D eigenvalue weighted by molar-refractivity contribution is -0.0494. The van der Waals surface area contributed by atoms with Gasteiger partial charge in [0.2, 0.25) is 0 Å². The molecule has 130 valence electrons. The van der Waals surface area contributed by atoms with E-state index in [1.807, 2.05) is 20.8 Å². The second-order valence-corrected chi connectivity index (χ2v) is 9.60. The maximum atomic E-state index is 12.0. The summed E-state index contributed by atoms with van der Waals surface area (Å²) in [6, 6.07) is 0.831. The summed E-state index contributed by atoms with van der Waals surface area (Å²) in [6.07, 6.45) is 8.21. The molecule has 0 aromatic rings. The van der Waals surface area contributed by atoms with E-state index in [9.17, 15) is 4.79 Å². The zero-order chi connectivity index (χ0) is 16.2. The van der Waals surface area contributed by atoms with Crippen molar-refractivity contribution in [1.82, 2.24) is 10.6 Å². The van der Waals surface area contributed by atoms with E-state index in [1.54, 1.807) is 0 Å². The molecule has 1 aliphatic heterocycles. The molecule has 2 N–H and O–H groups in total. The Morgan fingerprint density at radius 3 is 2.17 bits per heavy atom. The van der Waals surface area contributed by atoms with Crippen LogP contribution in [0.15, 0.2) is 0 Å². The van der Waals surface area contributed by atoms with Crippen molar-refractivity contribution in [3.05, 3.63) is 0 Å². The highest BCUT2D eigenvalue weighted by Crippen LogP contribution is 2.57. The predicted octanol–water partition coefficient (Wildman–Crippen LogP) is 3.31. The Hall–Kier alpha value is -0.770. The highest BCUT2D eigenvalue weighted by atomic mass is 16.6. The average Bonchev–Trinajstić information content (AvgIpc) is 2.83. The molecular weight excluding hydrogens is 288 g/mol. The van der Waals surface area contributed by atoms with Crippen LogP contribution in [0.5, 0.6) is 0 Å². The first kappa shape index (κ1) is 15.7. The van der Waals surface area contributed by atoms with Gasteiger partial charge < -0.3 is 15.4 Å². The van der Waals surface area contributed by atoms with Gasteiger partial charge in [-0.3, -0.25) is 0 Å². The van der Waals surface area contributed by atoms with Crippen molar-refractivity contribution in [3.8, 4) is 0 Å². The van der Waals surface area contributed by atoms with Crippen molar-refractivity contribution >= 4 is 6.09 Å². The van der Waals surface area contributed by atoms with Crippen LogP contribution in [0.4, 0.5) is 4.79 Å². The molecular formula is C19H32N2O2. The van der Waals surface area contributed by atoms with Crippen molar-refractivity contribution in [2.45, 2.75) is 77.0 Å². The minimum atomic E-state index is -0.420. The molecule has 0 aromatic carbocycles. The SMILES string of the molecule is CC(C)(C)OC(=O)N[C@@H]1CNC(C2C3CC4CC(C3)CC2C4)C1. The number of hydrogen-bond acceptors (Lipinski definition) is 3. The van der Waals surface area contributed by atoms with Crippen LogP contribution in [-0.2, 0) is 4.74 Å². The highest BCUT2D eigenvalue weighted by molar-refractivity contribution is 5.68. The van der Waals surface area contributed by atoms with Crippen molar-refractivity contribution in [1.29, 1.82) is 0 Å². The summed E-state index contributed by atoms with van der Waals surface area (Å²) < 4.78 is 5.40. The molecule has 2 atom stereocenters. The molecule has 1 amide bonds. The van der Waals surface area contributed by atoms with Crippen molar-refractivity contribution in [2.24, 2.45) is 29.6 Å². The van der Waals surface area contributed by atoms with E-state index in [1.165, 1.54) is 32.1 Å². The van der Waals surface area contributed by atoms with Gasteiger partial charge in [-0.25, -0.2) is 4.79 Å². The Balaban J connectivity index is 1.33. The first-order valence-corrected chi connectivity index (χ1v) is 9.60. The molecule has 5 rings (SSSR count). The van der Waals surface area contributed by atoms with E-state index in [2.05, 4.69) is 10.6 Å². The van der Waals surface area contributed by atoms with E-state index < -0.39 is 5.60 Å². The number of carbonyl (C=O) groups excluding carboxylic acids is 1. The molecule has 0 spiro atoms. The smallest absolute Gasteiger partial charge is 0.407 e. The van der Waals surface area contributed by atoms with Crippen LogP contribution in [0.1, 0.15) is 59.3 Å². The van der Waals surface area contributed by atoms with Gasteiger partial charge in [-0.1, -0.05) is 0 Å². The second kappa shape index (κ2) is 5.65. The highest BCUT2D eigenvalue weighted by Gasteiger charge is 2.51. The summed E-state index contributed by atoms with van der Waals surface area (Å²) in [5.74, 6) is 4.82. The number of nitrogens with one attached hydrogen (secondary N) is 2. The van der Waals surface area contributed by atoms with Crippen LogP contribution in [0.3, 0.4) is 0 Å². The molecule has 5 aliphatic rings. The fraction of sp³-hybridized carbons (Fsp3) is 0.947. The standard InChI is InChI=1S/C19H32N2O2/c1-19(2,3)23-18(22)21-15-9-16(20-10-15)17-13-5-11-4-12(7-13)8-14(17)6-11/h11-17,20H,4-10H2,1-3H3,(H,21,22)/t11?,12?,13?,14?,15-,16?,17?/m0/s1. The number of carbonyl (C=O) groups is 1. The minimum absolute atomic E-state index is 0.229. The van der Waals surface area contributed by atoms with Gasteiger partial charge in [0.05, 0.1) is 0 Å². The summed E-state index contributed by atoms with van der Waals surface area (Å²) in [4.78, 5) is 12.0. The van der Waals surface area contributed by atoms with Gasteiger partial charge in [-0.15, -0.1) is 0 Å². The van der Waals surface area contributed by atoms with Gasteiger partial charge in [-0.05, 0) is 88.9 Å². The summed E-state index contributed by atoms with van der Waals surface area (Å²) in [7, 11) is 0. The third kappa shape index (κ3) is 3.24. The van der Waals surface area contributed by atoms with Crippen molar-refractivity contribution in [2.75, 3.05) is 6.54 Å². The molecule has 4 saturated carbocycles. The first-order valence-electron chi connectivity index (χ1n) is 9.60. The molecule has 0 radical (unpaired) electrons. The molecule has 5 fully saturated rings. The van der Waals surface area contributed by atoms with Gasteiger partial charge in [0, 0.05) is 18.6 Å². The van der Waals surface area contributed by atoms with Gasteiger partial charge in [0.15, 0.2) is 0 Å². The van der Waals surface area contributed by atoms with Gasteiger partial charge in [0.1, 0.15) is 5.60 Å². The zero-order valence-corrected chi connectivity index (χ0v) is 14.8. The first-order chi connectivity index (χ1) is 10.9. The number of ether oxygens (including phenoxy) is 1. The monoisotopic (exact) mass is 320 g/mol. The molecule has 23 heavy (non-hydrogen) atoms. The molecule has 4 bridgehead atoms. The third-order valence-electron chi connectivity index (χ3n) is 6.65. The number of rotatable bonds is 2. The average molecular weight is 320 g/mol. The van der Waals surface area contributed by atoms with E-state index in [4.69, 9.17) is 4.74 Å². The molecule has 1 saturated heterocycles. The fourth-order valence-electron chi connectivity index (χ4n) is 6.27. The Kier molecular flexibility index (Phi) is 3.86. The topological polar surface area (TPSA) is 50.4 Å². The van der Waals surface area contributed by atoms with Crippen LogP contribution in [0.2, 0.25) is 0 Å². The fourth-order valence-corrected chi connectivity index (χ4v) is 6.27. The summed E-state index contributed by atoms with van der Waals surface area (Å²) in [5, 5.41) is 6.80. The summed E-state index contributed by atoms with van der Waals surface area (Å²) in [6.45, 7) is 6.64. The predicted molar refractivity (Wildman–Crippen MR) is 90.1 cm³/mol. The van der Waals surface area contributed by atoms with E-state index in [0.717, 1.165) is 42.6 Å². The largest absolute Gasteiger partial charge is 0.444 e. The van der Waals surface area contributed by atoms with E-state index in [-0.39, 0.29) is 12.1 Å². The van der Waals surface area contributed by atoms with Gasteiger partial charge in [0.25, 0.3) is 0 Å². The Morgan fingerprint density at radius 1 is 1.00 bits per heavy atom. The Labute approximate surface area is 140 Å². The van der Waals surface area contributed by atoms with Crippen LogP contribution in [-0.4, -0.2) is 30.3 Å². The molecule has 4 nitrogen and oxygen atoms in total. The van der Waals surface area contributed by atoms with Crippen molar-refractivity contribution < 1.29 is 9.53 Å². The van der Waals surface area contributed by atoms with Crippen LogP contribution < -0.4 is 10.6 Å². The van der Waals surface area contributed by atoms with Crippen molar-refractivity contribution in [3.63, 3.8) is 0 Å². The lowest BCUT2D eigenvalue weighted by atomic mass is 9.50. The zero-order valence-electron chi connectivity index (χ0n) is 14.8.